The van der Waals surface area contributed by atoms with E-state index in [2.05, 4.69) is 4.90 Å². The van der Waals surface area contributed by atoms with Crippen molar-refractivity contribution in [3.63, 3.8) is 0 Å². The van der Waals surface area contributed by atoms with Crippen LogP contribution in [-0.2, 0) is 10.0 Å². The fraction of sp³-hybridized carbons (Fsp3) is 0.583. The second kappa shape index (κ2) is 5.80. The van der Waals surface area contributed by atoms with Crippen LogP contribution in [0.1, 0.15) is 23.0 Å². The van der Waals surface area contributed by atoms with Gasteiger partial charge in [-0.15, -0.1) is 11.3 Å². The molecule has 1 saturated heterocycles. The number of carboxylic acid groups (broad SMARTS) is 1. The van der Waals surface area contributed by atoms with Crippen molar-refractivity contribution in [3.8, 4) is 0 Å². The van der Waals surface area contributed by atoms with Crippen LogP contribution >= 0.6 is 11.3 Å². The highest BCUT2D eigenvalue weighted by molar-refractivity contribution is 7.89. The predicted octanol–water partition coefficient (Wildman–Crippen LogP) is 1.16. The lowest BCUT2D eigenvalue weighted by molar-refractivity contribution is 0.0702. The van der Waals surface area contributed by atoms with Gasteiger partial charge in [-0.25, -0.2) is 13.2 Å². The summed E-state index contributed by atoms with van der Waals surface area (Å²) in [5.41, 5.74) is 0. The zero-order valence-electron chi connectivity index (χ0n) is 11.4. The second-order valence-electron chi connectivity index (χ2n) is 5.03. The fourth-order valence-electron chi connectivity index (χ4n) is 2.41. The maximum absolute atomic E-state index is 12.6. The molecule has 1 N–H and O–H groups in total. The molecule has 1 aromatic heterocycles. The Kier molecular flexibility index (Phi) is 4.48. The fourth-order valence-corrected chi connectivity index (χ4v) is 5.17. The molecule has 1 aromatic rings. The largest absolute Gasteiger partial charge is 0.477 e. The molecule has 0 amide bonds. The van der Waals surface area contributed by atoms with Gasteiger partial charge in [0.05, 0.1) is 4.90 Å². The predicted molar refractivity (Wildman–Crippen MR) is 76.7 cm³/mol. The van der Waals surface area contributed by atoms with E-state index in [0.29, 0.717) is 13.1 Å². The second-order valence-corrected chi connectivity index (χ2v) is 7.83. The van der Waals surface area contributed by atoms with Crippen LogP contribution in [0, 0.1) is 0 Å². The van der Waals surface area contributed by atoms with Gasteiger partial charge >= 0.3 is 5.97 Å². The molecule has 20 heavy (non-hydrogen) atoms. The van der Waals surface area contributed by atoms with Gasteiger partial charge in [-0.05, 0) is 33.0 Å². The van der Waals surface area contributed by atoms with E-state index in [0.717, 1.165) is 24.3 Å². The Morgan fingerprint density at radius 3 is 2.75 bits per heavy atom. The molecule has 8 heteroatoms. The highest BCUT2D eigenvalue weighted by atomic mass is 32.2. The quantitative estimate of drug-likeness (QED) is 0.905. The summed E-state index contributed by atoms with van der Waals surface area (Å²) in [5, 5.41) is 10.3. The Morgan fingerprint density at radius 1 is 1.45 bits per heavy atom. The van der Waals surface area contributed by atoms with Gasteiger partial charge in [-0.2, -0.15) is 4.31 Å². The van der Waals surface area contributed by atoms with E-state index in [-0.39, 0.29) is 15.8 Å². The molecule has 1 unspecified atom stereocenters. The van der Waals surface area contributed by atoms with E-state index in [4.69, 9.17) is 5.11 Å². The van der Waals surface area contributed by atoms with Crippen molar-refractivity contribution in [3.05, 3.63) is 16.3 Å². The maximum Gasteiger partial charge on any atom is 0.345 e. The summed E-state index contributed by atoms with van der Waals surface area (Å²) in [6, 6.07) is 1.12. The van der Waals surface area contributed by atoms with Crippen LogP contribution in [0.4, 0.5) is 0 Å². The Hall–Kier alpha value is -0.960. The summed E-state index contributed by atoms with van der Waals surface area (Å²) in [4.78, 5) is 13.1. The van der Waals surface area contributed by atoms with Crippen LogP contribution in [0.2, 0.25) is 0 Å². The molecule has 0 spiro atoms. The van der Waals surface area contributed by atoms with Crippen LogP contribution in [0.25, 0.3) is 0 Å². The number of hydrogen-bond donors (Lipinski definition) is 1. The van der Waals surface area contributed by atoms with Crippen molar-refractivity contribution < 1.29 is 18.3 Å². The van der Waals surface area contributed by atoms with Crippen LogP contribution in [0.15, 0.2) is 16.3 Å². The smallest absolute Gasteiger partial charge is 0.345 e. The van der Waals surface area contributed by atoms with E-state index in [1.165, 1.54) is 15.8 Å². The lowest BCUT2D eigenvalue weighted by Crippen LogP contribution is -2.41. The van der Waals surface area contributed by atoms with E-state index in [9.17, 15) is 13.2 Å². The summed E-state index contributed by atoms with van der Waals surface area (Å²) in [6.07, 6.45) is 0.774. The highest BCUT2D eigenvalue weighted by Crippen LogP contribution is 2.25. The molecular weight excluding hydrogens is 300 g/mol. The molecule has 112 valence electrons. The van der Waals surface area contributed by atoms with E-state index < -0.39 is 16.0 Å². The minimum Gasteiger partial charge on any atom is -0.477 e. The third kappa shape index (κ3) is 3.03. The van der Waals surface area contributed by atoms with Gasteiger partial charge in [0.2, 0.25) is 10.0 Å². The molecule has 1 aliphatic rings. The summed E-state index contributed by atoms with van der Waals surface area (Å²) >= 11 is 0.940. The lowest BCUT2D eigenvalue weighted by atomic mass is 10.3. The highest BCUT2D eigenvalue weighted by Gasteiger charge is 2.32. The third-order valence-corrected chi connectivity index (χ3v) is 6.44. The van der Waals surface area contributed by atoms with Crippen molar-refractivity contribution in [1.29, 1.82) is 0 Å². The molecule has 0 bridgehead atoms. The lowest BCUT2D eigenvalue weighted by Gasteiger charge is -2.26. The molecule has 1 fully saturated rings. The molecule has 1 atom stereocenters. The Morgan fingerprint density at radius 2 is 2.15 bits per heavy atom. The van der Waals surface area contributed by atoms with Crippen molar-refractivity contribution in [2.45, 2.75) is 24.3 Å². The third-order valence-electron chi connectivity index (χ3n) is 3.38. The van der Waals surface area contributed by atoms with Crippen LogP contribution < -0.4 is 0 Å². The first-order chi connectivity index (χ1) is 9.32. The van der Waals surface area contributed by atoms with Gasteiger partial charge in [-0.3, -0.25) is 0 Å². The van der Waals surface area contributed by atoms with Crippen LogP contribution in [0.5, 0.6) is 0 Å². The Labute approximate surface area is 122 Å². The topological polar surface area (TPSA) is 77.9 Å². The first-order valence-corrected chi connectivity index (χ1v) is 8.66. The molecule has 0 saturated carbocycles. The van der Waals surface area contributed by atoms with Crippen LogP contribution in [0.3, 0.4) is 0 Å². The molecule has 0 radical (unpaired) electrons. The van der Waals surface area contributed by atoms with Gasteiger partial charge in [0.15, 0.2) is 0 Å². The van der Waals surface area contributed by atoms with Gasteiger partial charge in [0.25, 0.3) is 0 Å². The number of carbonyl (C=O) groups is 1. The summed E-state index contributed by atoms with van der Waals surface area (Å²) in [5.74, 6) is -1.10. The number of nitrogens with zero attached hydrogens (tertiary/aromatic N) is 2. The van der Waals surface area contributed by atoms with Gasteiger partial charge in [-0.1, -0.05) is 0 Å². The van der Waals surface area contributed by atoms with E-state index >= 15 is 0 Å². The number of aromatic carboxylic acids is 1. The molecule has 0 aliphatic carbocycles. The Bertz CT molecular complexity index is 596. The number of thiophene rings is 1. The number of hydrogen-bond acceptors (Lipinski definition) is 5. The maximum atomic E-state index is 12.6. The average molecular weight is 318 g/mol. The first kappa shape index (κ1) is 15.4. The number of likely N-dealkylation sites (N-methyl/N-ethyl adjacent to an activating group) is 1. The van der Waals surface area contributed by atoms with Gasteiger partial charge in [0, 0.05) is 24.5 Å². The number of rotatable bonds is 3. The molecule has 2 heterocycles. The molecule has 1 aliphatic heterocycles. The Balaban J connectivity index is 2.30. The SMILES string of the molecule is CC1CN(C)CCCN1S(=O)(=O)c1csc(C(=O)O)c1. The van der Waals surface area contributed by atoms with Crippen molar-refractivity contribution in [1.82, 2.24) is 9.21 Å². The minimum atomic E-state index is -3.62. The minimum absolute atomic E-state index is 0.0446. The van der Waals surface area contributed by atoms with E-state index in [1.54, 1.807) is 0 Å². The molecular formula is C12H18N2O4S2. The molecule has 2 rings (SSSR count). The summed E-state index contributed by atoms with van der Waals surface area (Å²) in [7, 11) is -1.64. The summed E-state index contributed by atoms with van der Waals surface area (Å²) < 4.78 is 26.7. The van der Waals surface area contributed by atoms with Gasteiger partial charge < -0.3 is 10.0 Å². The number of carboxylic acids is 1. The van der Waals surface area contributed by atoms with Crippen molar-refractivity contribution >= 4 is 27.3 Å². The molecule has 6 nitrogen and oxygen atoms in total. The van der Waals surface area contributed by atoms with E-state index in [1.807, 2.05) is 14.0 Å². The van der Waals surface area contributed by atoms with Crippen LogP contribution in [-0.4, -0.2) is 61.4 Å². The monoisotopic (exact) mass is 318 g/mol. The van der Waals surface area contributed by atoms with Crippen molar-refractivity contribution in [2.24, 2.45) is 0 Å². The molecule has 0 aromatic carbocycles. The zero-order chi connectivity index (χ0) is 14.9. The number of sulfonamides is 1. The summed E-state index contributed by atoms with van der Waals surface area (Å²) in [6.45, 7) is 3.88. The zero-order valence-corrected chi connectivity index (χ0v) is 13.1. The van der Waals surface area contributed by atoms with Gasteiger partial charge in [0.1, 0.15) is 4.88 Å². The standard InChI is InChI=1S/C12H18N2O4S2/c1-9-7-13(2)4-3-5-14(9)20(17,18)10-6-11(12(15)16)19-8-10/h6,8-9H,3-5,7H2,1-2H3,(H,15,16). The average Bonchev–Trinajstić information content (AvgIpc) is 2.78. The van der Waals surface area contributed by atoms with Crippen molar-refractivity contribution in [2.75, 3.05) is 26.7 Å². The first-order valence-electron chi connectivity index (χ1n) is 6.34. The normalized spacial score (nSPS) is 22.6.